The van der Waals surface area contributed by atoms with Crippen molar-refractivity contribution in [2.75, 3.05) is 5.32 Å². The third-order valence-electron chi connectivity index (χ3n) is 3.74. The van der Waals surface area contributed by atoms with Crippen molar-refractivity contribution in [1.29, 1.82) is 0 Å². The van der Waals surface area contributed by atoms with E-state index in [4.69, 9.17) is 0 Å². The summed E-state index contributed by atoms with van der Waals surface area (Å²) in [6.07, 6.45) is 3.54. The molecule has 4 nitrogen and oxygen atoms in total. The fourth-order valence-electron chi connectivity index (χ4n) is 2.77. The fourth-order valence-corrected chi connectivity index (χ4v) is 2.77. The Morgan fingerprint density at radius 2 is 2.17 bits per heavy atom. The van der Waals surface area contributed by atoms with Crippen LogP contribution in [-0.2, 0) is 0 Å². The maximum absolute atomic E-state index is 11.3. The van der Waals surface area contributed by atoms with E-state index in [2.05, 4.69) is 17.2 Å². The van der Waals surface area contributed by atoms with Crippen molar-refractivity contribution in [3.8, 4) is 0 Å². The zero-order chi connectivity index (χ0) is 13.3. The molecule has 1 aliphatic carbocycles. The molecule has 0 bridgehead atoms. The predicted molar refractivity (Wildman–Crippen MR) is 71.1 cm³/mol. The fraction of sp³-hybridized carbons (Fsp3) is 0.571. The zero-order valence-corrected chi connectivity index (χ0v) is 11.2. The SMILES string of the molecule is Cc1cc(NC2CCCC2C)c(C(=O)O)c(C)n1. The number of aromatic nitrogens is 1. The van der Waals surface area contributed by atoms with Gasteiger partial charge in [0.05, 0.1) is 11.4 Å². The monoisotopic (exact) mass is 248 g/mol. The molecule has 1 saturated carbocycles. The molecular weight excluding hydrogens is 228 g/mol. The summed E-state index contributed by atoms with van der Waals surface area (Å²) in [6, 6.07) is 2.21. The first-order valence-corrected chi connectivity index (χ1v) is 6.47. The van der Waals surface area contributed by atoms with Crippen molar-refractivity contribution in [1.82, 2.24) is 4.98 Å². The van der Waals surface area contributed by atoms with Gasteiger partial charge in [0.25, 0.3) is 0 Å². The average Bonchev–Trinajstić information content (AvgIpc) is 2.62. The van der Waals surface area contributed by atoms with Gasteiger partial charge in [-0.1, -0.05) is 13.3 Å². The lowest BCUT2D eigenvalue weighted by Gasteiger charge is -2.21. The van der Waals surface area contributed by atoms with Crippen molar-refractivity contribution in [2.24, 2.45) is 5.92 Å². The quantitative estimate of drug-likeness (QED) is 0.863. The molecule has 4 heteroatoms. The molecule has 1 heterocycles. The topological polar surface area (TPSA) is 62.2 Å². The number of anilines is 1. The number of carbonyl (C=O) groups is 1. The van der Waals surface area contributed by atoms with E-state index in [0.29, 0.717) is 28.9 Å². The number of carboxylic acids is 1. The van der Waals surface area contributed by atoms with E-state index in [1.165, 1.54) is 12.8 Å². The van der Waals surface area contributed by atoms with Crippen molar-refractivity contribution < 1.29 is 9.90 Å². The van der Waals surface area contributed by atoms with E-state index in [9.17, 15) is 9.90 Å². The Kier molecular flexibility index (Phi) is 3.55. The van der Waals surface area contributed by atoms with Crippen molar-refractivity contribution >= 4 is 11.7 Å². The minimum atomic E-state index is -0.909. The first kappa shape index (κ1) is 12.9. The molecule has 1 aromatic rings. The molecule has 18 heavy (non-hydrogen) atoms. The number of nitrogens with zero attached hydrogens (tertiary/aromatic N) is 1. The summed E-state index contributed by atoms with van der Waals surface area (Å²) in [4.78, 5) is 15.6. The van der Waals surface area contributed by atoms with Gasteiger partial charge in [-0.15, -0.1) is 0 Å². The number of nitrogens with one attached hydrogen (secondary N) is 1. The Balaban J connectivity index is 2.33. The summed E-state index contributed by atoms with van der Waals surface area (Å²) in [5.74, 6) is -0.312. The number of pyridine rings is 1. The van der Waals surface area contributed by atoms with Crippen molar-refractivity contribution in [3.63, 3.8) is 0 Å². The van der Waals surface area contributed by atoms with Gasteiger partial charge in [0.15, 0.2) is 0 Å². The average molecular weight is 248 g/mol. The van der Waals surface area contributed by atoms with Crippen LogP contribution in [0.4, 0.5) is 5.69 Å². The standard InChI is InChI=1S/C14H20N2O2/c1-8-5-4-6-11(8)16-12-7-9(2)15-10(3)13(12)14(17)18/h7-8,11H,4-6H2,1-3H3,(H,15,16)(H,17,18). The minimum absolute atomic E-state index is 0.305. The second-order valence-electron chi connectivity index (χ2n) is 5.24. The van der Waals surface area contributed by atoms with Crippen LogP contribution in [0.5, 0.6) is 0 Å². The summed E-state index contributed by atoms with van der Waals surface area (Å²) in [6.45, 7) is 5.85. The lowest BCUT2D eigenvalue weighted by Crippen LogP contribution is -2.24. The van der Waals surface area contributed by atoms with E-state index in [1.54, 1.807) is 6.92 Å². The molecule has 2 N–H and O–H groups in total. The second-order valence-corrected chi connectivity index (χ2v) is 5.24. The van der Waals surface area contributed by atoms with Crippen LogP contribution < -0.4 is 5.32 Å². The molecule has 0 spiro atoms. The lowest BCUT2D eigenvalue weighted by atomic mass is 10.0. The van der Waals surface area contributed by atoms with Crippen LogP contribution >= 0.6 is 0 Å². The zero-order valence-electron chi connectivity index (χ0n) is 11.2. The Bertz CT molecular complexity index is 471. The molecule has 2 unspecified atom stereocenters. The molecule has 0 amide bonds. The largest absolute Gasteiger partial charge is 0.478 e. The van der Waals surface area contributed by atoms with Gasteiger partial charge in [-0.3, -0.25) is 4.98 Å². The molecule has 2 atom stereocenters. The number of carboxylic acid groups (broad SMARTS) is 1. The molecule has 1 aliphatic rings. The van der Waals surface area contributed by atoms with E-state index in [1.807, 2.05) is 13.0 Å². The van der Waals surface area contributed by atoms with Gasteiger partial charge in [0.1, 0.15) is 5.56 Å². The molecule has 2 rings (SSSR count). The van der Waals surface area contributed by atoms with E-state index in [0.717, 1.165) is 12.1 Å². The molecule has 0 radical (unpaired) electrons. The number of hydrogen-bond acceptors (Lipinski definition) is 3. The highest BCUT2D eigenvalue weighted by Crippen LogP contribution is 2.30. The Morgan fingerprint density at radius 1 is 1.44 bits per heavy atom. The van der Waals surface area contributed by atoms with Crippen LogP contribution in [0.1, 0.15) is 47.9 Å². The van der Waals surface area contributed by atoms with Crippen LogP contribution in [0, 0.1) is 19.8 Å². The van der Waals surface area contributed by atoms with Crippen LogP contribution in [0.15, 0.2) is 6.07 Å². The van der Waals surface area contributed by atoms with Crippen LogP contribution in [0.25, 0.3) is 0 Å². The highest BCUT2D eigenvalue weighted by Gasteiger charge is 2.25. The molecule has 0 aliphatic heterocycles. The van der Waals surface area contributed by atoms with E-state index >= 15 is 0 Å². The summed E-state index contributed by atoms with van der Waals surface area (Å²) in [5, 5.41) is 12.7. The van der Waals surface area contributed by atoms with Gasteiger partial charge in [-0.05, 0) is 38.7 Å². The lowest BCUT2D eigenvalue weighted by molar-refractivity contribution is 0.0696. The van der Waals surface area contributed by atoms with E-state index < -0.39 is 5.97 Å². The van der Waals surface area contributed by atoms with Crippen LogP contribution in [0.3, 0.4) is 0 Å². The third kappa shape index (κ3) is 2.47. The summed E-state index contributed by atoms with van der Waals surface area (Å²) >= 11 is 0. The van der Waals surface area contributed by atoms with Gasteiger partial charge in [0, 0.05) is 11.7 Å². The number of hydrogen-bond donors (Lipinski definition) is 2. The maximum atomic E-state index is 11.3. The predicted octanol–water partition coefficient (Wildman–Crippen LogP) is 3.00. The Hall–Kier alpha value is -1.58. The maximum Gasteiger partial charge on any atom is 0.339 e. The third-order valence-corrected chi connectivity index (χ3v) is 3.74. The molecule has 0 aromatic carbocycles. The molecule has 98 valence electrons. The number of aryl methyl sites for hydroxylation is 2. The van der Waals surface area contributed by atoms with Crippen molar-refractivity contribution in [2.45, 2.75) is 46.1 Å². The highest BCUT2D eigenvalue weighted by atomic mass is 16.4. The van der Waals surface area contributed by atoms with Crippen molar-refractivity contribution in [3.05, 3.63) is 23.0 Å². The van der Waals surface area contributed by atoms with Gasteiger partial charge in [-0.2, -0.15) is 0 Å². The van der Waals surface area contributed by atoms with Crippen LogP contribution in [-0.4, -0.2) is 22.1 Å². The highest BCUT2D eigenvalue weighted by molar-refractivity contribution is 5.95. The minimum Gasteiger partial charge on any atom is -0.478 e. The molecule has 1 fully saturated rings. The number of rotatable bonds is 3. The smallest absolute Gasteiger partial charge is 0.339 e. The van der Waals surface area contributed by atoms with Gasteiger partial charge < -0.3 is 10.4 Å². The van der Waals surface area contributed by atoms with Gasteiger partial charge in [0.2, 0.25) is 0 Å². The molecule has 1 aromatic heterocycles. The summed E-state index contributed by atoms with van der Waals surface area (Å²) in [5.41, 5.74) is 2.45. The van der Waals surface area contributed by atoms with Gasteiger partial charge in [-0.25, -0.2) is 4.79 Å². The Labute approximate surface area is 107 Å². The second kappa shape index (κ2) is 4.96. The van der Waals surface area contributed by atoms with Crippen LogP contribution in [0.2, 0.25) is 0 Å². The molecule has 0 saturated heterocycles. The first-order valence-electron chi connectivity index (χ1n) is 6.47. The molecular formula is C14H20N2O2. The normalized spacial score (nSPS) is 23.1. The summed E-state index contributed by atoms with van der Waals surface area (Å²) in [7, 11) is 0. The first-order chi connectivity index (χ1) is 8.49. The summed E-state index contributed by atoms with van der Waals surface area (Å²) < 4.78 is 0. The number of aromatic carboxylic acids is 1. The Morgan fingerprint density at radius 3 is 2.72 bits per heavy atom. The van der Waals surface area contributed by atoms with E-state index in [-0.39, 0.29) is 0 Å². The van der Waals surface area contributed by atoms with Gasteiger partial charge >= 0.3 is 5.97 Å².